The maximum atomic E-state index is 12.6. The van der Waals surface area contributed by atoms with Crippen LogP contribution < -0.4 is 10.6 Å². The van der Waals surface area contributed by atoms with E-state index in [-0.39, 0.29) is 35.9 Å². The summed E-state index contributed by atoms with van der Waals surface area (Å²) in [5.41, 5.74) is 0.0664. The zero-order valence-corrected chi connectivity index (χ0v) is 18.4. The lowest BCUT2D eigenvalue weighted by Crippen LogP contribution is -2.41. The second kappa shape index (κ2) is 12.0. The fourth-order valence-electron chi connectivity index (χ4n) is 2.27. The minimum atomic E-state index is -4.34. The Kier molecular flexibility index (Phi) is 11.4. The van der Waals surface area contributed by atoms with Crippen LogP contribution in [0.5, 0.6) is 0 Å². The van der Waals surface area contributed by atoms with Gasteiger partial charge in [-0.1, -0.05) is 19.1 Å². The van der Waals surface area contributed by atoms with Crippen LogP contribution in [0, 0.1) is 0 Å². The first-order valence-electron chi connectivity index (χ1n) is 8.54. The molecular weight excluding hydrogens is 472 g/mol. The maximum Gasteiger partial charge on any atom is 0.416 e. The molecule has 0 radical (unpaired) electrons. The van der Waals surface area contributed by atoms with Crippen molar-refractivity contribution in [3.8, 4) is 0 Å². The van der Waals surface area contributed by atoms with Crippen molar-refractivity contribution in [2.24, 2.45) is 4.99 Å². The third-order valence-electron chi connectivity index (χ3n) is 3.93. The van der Waals surface area contributed by atoms with Crippen LogP contribution in [0.15, 0.2) is 29.3 Å². The lowest BCUT2D eigenvalue weighted by atomic mass is 10.1. The summed E-state index contributed by atoms with van der Waals surface area (Å²) >= 11 is 0. The van der Waals surface area contributed by atoms with E-state index in [9.17, 15) is 18.0 Å². The van der Waals surface area contributed by atoms with Gasteiger partial charge in [0, 0.05) is 39.6 Å². The largest absolute Gasteiger partial charge is 0.416 e. The van der Waals surface area contributed by atoms with Crippen molar-refractivity contribution in [3.05, 3.63) is 35.4 Å². The number of halogens is 4. The molecule has 9 heteroatoms. The monoisotopic (exact) mass is 500 g/mol. The molecule has 0 aromatic heterocycles. The van der Waals surface area contributed by atoms with Gasteiger partial charge in [0.1, 0.15) is 0 Å². The van der Waals surface area contributed by atoms with Crippen LogP contribution in [0.3, 0.4) is 0 Å². The Morgan fingerprint density at radius 2 is 1.85 bits per heavy atom. The quantitative estimate of drug-likeness (QED) is 0.342. The van der Waals surface area contributed by atoms with E-state index in [0.717, 1.165) is 24.1 Å². The number of guanidine groups is 1. The molecule has 0 aliphatic rings. The van der Waals surface area contributed by atoms with Crippen LogP contribution in [0.1, 0.15) is 37.8 Å². The molecule has 1 aromatic carbocycles. The molecule has 27 heavy (non-hydrogen) atoms. The number of nitrogens with zero attached hydrogens (tertiary/aromatic N) is 2. The Labute approximate surface area is 175 Å². The minimum absolute atomic E-state index is 0. The van der Waals surface area contributed by atoms with Gasteiger partial charge >= 0.3 is 6.18 Å². The molecule has 0 saturated heterocycles. The van der Waals surface area contributed by atoms with Crippen LogP contribution >= 0.6 is 24.0 Å². The molecule has 2 N–H and O–H groups in total. The van der Waals surface area contributed by atoms with Crippen LogP contribution in [0.2, 0.25) is 0 Å². The standard InChI is InChI=1S/C18H27F3N4O.HI/c1-5-13(2)24-16(26)10-11-23-17(22-3)25(4)12-14-6-8-15(9-7-14)18(19,20)21;/h6-9,13H,5,10-12H2,1-4H3,(H,22,23)(H,24,26);1H. The highest BCUT2D eigenvalue weighted by Gasteiger charge is 2.29. The molecule has 0 heterocycles. The molecule has 0 saturated carbocycles. The first-order valence-corrected chi connectivity index (χ1v) is 8.54. The molecule has 1 atom stereocenters. The van der Waals surface area contributed by atoms with Crippen molar-refractivity contribution in [1.82, 2.24) is 15.5 Å². The van der Waals surface area contributed by atoms with Gasteiger partial charge in [-0.3, -0.25) is 9.79 Å². The van der Waals surface area contributed by atoms with Crippen molar-refractivity contribution in [2.45, 2.75) is 45.5 Å². The van der Waals surface area contributed by atoms with Gasteiger partial charge in [-0.2, -0.15) is 13.2 Å². The molecule has 0 fully saturated rings. The number of nitrogens with one attached hydrogen (secondary N) is 2. The molecule has 1 unspecified atom stereocenters. The molecule has 0 aliphatic carbocycles. The Bertz CT molecular complexity index is 606. The van der Waals surface area contributed by atoms with E-state index in [1.54, 1.807) is 19.0 Å². The number of carbonyl (C=O) groups excluding carboxylic acids is 1. The van der Waals surface area contributed by atoms with Crippen LogP contribution in [0.25, 0.3) is 0 Å². The Morgan fingerprint density at radius 3 is 2.33 bits per heavy atom. The summed E-state index contributed by atoms with van der Waals surface area (Å²) in [6.45, 7) is 4.77. The van der Waals surface area contributed by atoms with Crippen molar-refractivity contribution in [1.29, 1.82) is 0 Å². The molecule has 0 bridgehead atoms. The zero-order valence-electron chi connectivity index (χ0n) is 16.1. The van der Waals surface area contributed by atoms with Crippen LogP contribution in [0.4, 0.5) is 13.2 Å². The Hall–Kier alpha value is -1.52. The number of aliphatic imine (C=N–C) groups is 1. The van der Waals surface area contributed by atoms with Gasteiger partial charge in [-0.15, -0.1) is 24.0 Å². The molecule has 5 nitrogen and oxygen atoms in total. The van der Waals surface area contributed by atoms with Gasteiger partial charge in [-0.05, 0) is 31.0 Å². The van der Waals surface area contributed by atoms with Gasteiger partial charge in [0.2, 0.25) is 5.91 Å². The topological polar surface area (TPSA) is 56.7 Å². The number of amides is 1. The summed E-state index contributed by atoms with van der Waals surface area (Å²) in [5, 5.41) is 5.97. The molecular formula is C18H28F3IN4O. The highest BCUT2D eigenvalue weighted by molar-refractivity contribution is 14.0. The lowest BCUT2D eigenvalue weighted by molar-refractivity contribution is -0.137. The Balaban J connectivity index is 0.00000676. The van der Waals surface area contributed by atoms with Gasteiger partial charge in [-0.25, -0.2) is 0 Å². The minimum Gasteiger partial charge on any atom is -0.356 e. The molecule has 1 rings (SSSR count). The van der Waals surface area contributed by atoms with Crippen LogP contribution in [-0.2, 0) is 17.5 Å². The summed E-state index contributed by atoms with van der Waals surface area (Å²) in [6.07, 6.45) is -3.15. The number of benzene rings is 1. The Morgan fingerprint density at radius 1 is 1.26 bits per heavy atom. The SMILES string of the molecule is CCC(C)NC(=O)CCNC(=NC)N(C)Cc1ccc(C(F)(F)F)cc1.I. The van der Waals surface area contributed by atoms with E-state index in [2.05, 4.69) is 15.6 Å². The average Bonchev–Trinajstić information content (AvgIpc) is 2.58. The molecule has 0 spiro atoms. The number of alkyl halides is 3. The maximum absolute atomic E-state index is 12.6. The summed E-state index contributed by atoms with van der Waals surface area (Å²) in [7, 11) is 3.40. The second-order valence-corrected chi connectivity index (χ2v) is 6.15. The van der Waals surface area contributed by atoms with Gasteiger partial charge in [0.25, 0.3) is 0 Å². The smallest absolute Gasteiger partial charge is 0.356 e. The second-order valence-electron chi connectivity index (χ2n) is 6.15. The number of hydrogen-bond acceptors (Lipinski definition) is 2. The number of carbonyl (C=O) groups is 1. The third-order valence-corrected chi connectivity index (χ3v) is 3.93. The van der Waals surface area contributed by atoms with Crippen LogP contribution in [-0.4, -0.2) is 43.4 Å². The van der Waals surface area contributed by atoms with E-state index in [1.807, 2.05) is 13.8 Å². The predicted molar refractivity (Wildman–Crippen MR) is 112 cm³/mol. The molecule has 154 valence electrons. The van der Waals surface area contributed by atoms with E-state index < -0.39 is 11.7 Å². The third kappa shape index (κ3) is 9.30. The van der Waals surface area contributed by atoms with E-state index in [0.29, 0.717) is 25.5 Å². The summed E-state index contributed by atoms with van der Waals surface area (Å²) < 4.78 is 37.8. The highest BCUT2D eigenvalue weighted by Crippen LogP contribution is 2.29. The van der Waals surface area contributed by atoms with E-state index >= 15 is 0 Å². The van der Waals surface area contributed by atoms with Gasteiger partial charge in [0.05, 0.1) is 5.56 Å². The van der Waals surface area contributed by atoms with Crippen molar-refractivity contribution in [2.75, 3.05) is 20.6 Å². The average molecular weight is 500 g/mol. The predicted octanol–water partition coefficient (Wildman–Crippen LogP) is 3.64. The summed E-state index contributed by atoms with van der Waals surface area (Å²) in [4.78, 5) is 17.7. The van der Waals surface area contributed by atoms with Crippen molar-refractivity contribution in [3.63, 3.8) is 0 Å². The molecule has 1 aromatic rings. The van der Waals surface area contributed by atoms with Crippen molar-refractivity contribution >= 4 is 35.8 Å². The number of rotatable bonds is 7. The first-order chi connectivity index (χ1) is 12.2. The zero-order chi connectivity index (χ0) is 19.7. The van der Waals surface area contributed by atoms with E-state index in [1.165, 1.54) is 12.1 Å². The lowest BCUT2D eigenvalue weighted by Gasteiger charge is -2.22. The fourth-order valence-corrected chi connectivity index (χ4v) is 2.27. The normalized spacial score (nSPS) is 12.8. The van der Waals surface area contributed by atoms with Gasteiger partial charge in [0.15, 0.2) is 5.96 Å². The van der Waals surface area contributed by atoms with Gasteiger partial charge < -0.3 is 15.5 Å². The summed E-state index contributed by atoms with van der Waals surface area (Å²) in [6, 6.07) is 5.18. The number of hydrogen-bond donors (Lipinski definition) is 2. The highest BCUT2D eigenvalue weighted by atomic mass is 127. The fraction of sp³-hybridized carbons (Fsp3) is 0.556. The van der Waals surface area contributed by atoms with E-state index in [4.69, 9.17) is 0 Å². The molecule has 0 aliphatic heterocycles. The first kappa shape index (κ1) is 25.5. The summed E-state index contributed by atoms with van der Waals surface area (Å²) in [5.74, 6) is 0.536. The molecule has 1 amide bonds. The van der Waals surface area contributed by atoms with Crippen molar-refractivity contribution < 1.29 is 18.0 Å².